The Hall–Kier alpha value is -3.35. The van der Waals surface area contributed by atoms with Gasteiger partial charge >= 0.3 is 0 Å². The zero-order valence-electron chi connectivity index (χ0n) is 18.2. The first-order valence-corrected chi connectivity index (χ1v) is 10.3. The molecule has 1 aliphatic rings. The Kier molecular flexibility index (Phi) is 6.39. The van der Waals surface area contributed by atoms with Gasteiger partial charge in [0.05, 0.1) is 32.0 Å². The van der Waals surface area contributed by atoms with Gasteiger partial charge in [0.25, 0.3) is 0 Å². The molecule has 6 N–H and O–H groups in total. The summed E-state index contributed by atoms with van der Waals surface area (Å²) in [5, 5.41) is 61.6. The highest BCUT2D eigenvalue weighted by molar-refractivity contribution is 5.94. The van der Waals surface area contributed by atoms with Crippen LogP contribution in [0.1, 0.15) is 11.7 Å². The van der Waals surface area contributed by atoms with Crippen LogP contribution in [-0.4, -0.2) is 75.9 Å². The average Bonchev–Trinajstić information content (AvgIpc) is 2.84. The van der Waals surface area contributed by atoms with Crippen LogP contribution in [0.3, 0.4) is 0 Å². The number of aromatic hydroxyl groups is 2. The number of hydrogen-bond donors (Lipinski definition) is 6. The van der Waals surface area contributed by atoms with E-state index in [9.17, 15) is 35.4 Å². The molecule has 182 valence electrons. The largest absolute Gasteiger partial charge is 0.504 e. The highest BCUT2D eigenvalue weighted by Crippen LogP contribution is 2.49. The van der Waals surface area contributed by atoms with Gasteiger partial charge in [-0.3, -0.25) is 4.79 Å². The minimum atomic E-state index is -1.78. The van der Waals surface area contributed by atoms with E-state index in [0.29, 0.717) is 11.3 Å². The van der Waals surface area contributed by atoms with Gasteiger partial charge in [0.2, 0.25) is 11.2 Å². The van der Waals surface area contributed by atoms with Crippen LogP contribution in [0.15, 0.2) is 39.7 Å². The molecule has 0 bridgehead atoms. The Balaban J connectivity index is 1.98. The van der Waals surface area contributed by atoms with Crippen molar-refractivity contribution < 1.29 is 49.3 Å². The van der Waals surface area contributed by atoms with Crippen molar-refractivity contribution in [2.75, 3.05) is 20.8 Å². The molecule has 1 saturated heterocycles. The van der Waals surface area contributed by atoms with E-state index < -0.39 is 59.8 Å². The molecule has 1 aromatic heterocycles. The van der Waals surface area contributed by atoms with Crippen LogP contribution >= 0.6 is 0 Å². The van der Waals surface area contributed by atoms with Gasteiger partial charge in [-0.2, -0.15) is 0 Å². The summed E-state index contributed by atoms with van der Waals surface area (Å²) in [5.41, 5.74) is -0.773. The molecule has 1 fully saturated rings. The maximum Gasteiger partial charge on any atom is 0.204 e. The molecule has 2 heterocycles. The summed E-state index contributed by atoms with van der Waals surface area (Å²) >= 11 is 0. The van der Waals surface area contributed by atoms with E-state index in [1.807, 2.05) is 0 Å². The van der Waals surface area contributed by atoms with Gasteiger partial charge < -0.3 is 49.3 Å². The highest BCUT2D eigenvalue weighted by atomic mass is 16.5. The number of rotatable bonds is 5. The van der Waals surface area contributed by atoms with Gasteiger partial charge in [0.15, 0.2) is 17.1 Å². The maximum atomic E-state index is 13.4. The van der Waals surface area contributed by atoms with Crippen LogP contribution in [0.4, 0.5) is 0 Å². The highest BCUT2D eigenvalue weighted by Gasteiger charge is 2.46. The number of phenols is 2. The summed E-state index contributed by atoms with van der Waals surface area (Å²) in [5.74, 6) is -1.34. The van der Waals surface area contributed by atoms with Crippen molar-refractivity contribution in [1.82, 2.24) is 0 Å². The Bertz CT molecular complexity index is 1250. The van der Waals surface area contributed by atoms with E-state index in [1.54, 1.807) is 24.3 Å². The summed E-state index contributed by atoms with van der Waals surface area (Å²) < 4.78 is 21.4. The number of methoxy groups -OCH3 is 2. The predicted octanol–water partition coefficient (Wildman–Crippen LogP) is 0.403. The van der Waals surface area contributed by atoms with Crippen LogP contribution < -0.4 is 14.9 Å². The molecule has 4 rings (SSSR count). The van der Waals surface area contributed by atoms with Crippen LogP contribution in [0.25, 0.3) is 22.1 Å². The molecule has 2 aromatic carbocycles. The second-order valence-corrected chi connectivity index (χ2v) is 7.80. The lowest BCUT2D eigenvalue weighted by Crippen LogP contribution is -2.55. The average molecular weight is 476 g/mol. The maximum absolute atomic E-state index is 13.4. The van der Waals surface area contributed by atoms with Crippen LogP contribution in [0, 0.1) is 0 Å². The smallest absolute Gasteiger partial charge is 0.204 e. The number of aliphatic hydroxyl groups excluding tert-OH is 4. The monoisotopic (exact) mass is 476 g/mol. The number of ether oxygens (including phenoxy) is 3. The number of hydrogen-bond acceptors (Lipinski definition) is 11. The lowest BCUT2D eigenvalue weighted by atomic mass is 9.89. The fourth-order valence-electron chi connectivity index (χ4n) is 4.10. The van der Waals surface area contributed by atoms with E-state index >= 15 is 0 Å². The number of aliphatic hydroxyl groups is 4. The van der Waals surface area contributed by atoms with Crippen molar-refractivity contribution in [1.29, 1.82) is 0 Å². The van der Waals surface area contributed by atoms with Crippen LogP contribution in [-0.2, 0) is 4.74 Å². The molecule has 0 radical (unpaired) electrons. The fourth-order valence-corrected chi connectivity index (χ4v) is 4.10. The zero-order chi connectivity index (χ0) is 24.7. The lowest BCUT2D eigenvalue weighted by molar-refractivity contribution is -0.231. The van der Waals surface area contributed by atoms with Crippen LogP contribution in [0.2, 0.25) is 0 Å². The number of benzene rings is 2. The topological polar surface area (TPSA) is 179 Å². The lowest BCUT2D eigenvalue weighted by Gasteiger charge is -2.40. The summed E-state index contributed by atoms with van der Waals surface area (Å²) in [6.07, 6.45) is -6.91. The molecule has 11 nitrogen and oxygen atoms in total. The van der Waals surface area contributed by atoms with Crippen LogP contribution in [0.5, 0.6) is 23.0 Å². The second kappa shape index (κ2) is 9.12. The van der Waals surface area contributed by atoms with Gasteiger partial charge in [0, 0.05) is 0 Å². The first kappa shape index (κ1) is 23.8. The summed E-state index contributed by atoms with van der Waals surface area (Å²) in [6, 6.07) is 6.50. The Morgan fingerprint density at radius 2 is 1.62 bits per heavy atom. The Morgan fingerprint density at radius 3 is 2.21 bits per heavy atom. The van der Waals surface area contributed by atoms with Crippen molar-refractivity contribution in [3.63, 3.8) is 0 Å². The molecule has 0 aliphatic carbocycles. The molecule has 34 heavy (non-hydrogen) atoms. The first-order chi connectivity index (χ1) is 16.2. The molecule has 3 aromatic rings. The van der Waals surface area contributed by atoms with E-state index in [4.69, 9.17) is 18.6 Å². The van der Waals surface area contributed by atoms with Crippen molar-refractivity contribution >= 4 is 11.0 Å². The third-order valence-electron chi connectivity index (χ3n) is 5.94. The Morgan fingerprint density at radius 1 is 0.941 bits per heavy atom. The number of phenolic OH excluding ortho intramolecular Hbond substituents is 2. The molecule has 0 unspecified atom stereocenters. The van der Waals surface area contributed by atoms with Gasteiger partial charge in [0.1, 0.15) is 47.9 Å². The number of fused-ring (bicyclic) bond motifs is 1. The molecular weight excluding hydrogens is 452 g/mol. The minimum Gasteiger partial charge on any atom is -0.504 e. The molecule has 5 atom stereocenters. The molecule has 0 spiro atoms. The first-order valence-electron chi connectivity index (χ1n) is 10.3. The minimum absolute atomic E-state index is 0.0814. The van der Waals surface area contributed by atoms with Gasteiger partial charge in [-0.05, 0) is 17.7 Å². The normalized spacial score (nSPS) is 24.8. The standard InChI is InChI=1S/C23H24O11/c1-31-10-5-3-9(4-6-10)11-8-33-21-13(15(11)25)17(27)23(32-2)18(28)14(21)22-20(30)19(29)16(26)12(7-24)34-22/h3-6,8,12,16,19-20,22,24,26-30H,7H2,1-2H3/t12-,16+,19+,20-,22+/m0/s1. The molecular formula is C23H24O11. The summed E-state index contributed by atoms with van der Waals surface area (Å²) in [6.45, 7) is -0.707. The van der Waals surface area contributed by atoms with Gasteiger partial charge in [-0.25, -0.2) is 0 Å². The quantitative estimate of drug-likeness (QED) is 0.300. The van der Waals surface area contributed by atoms with Crippen molar-refractivity contribution in [3.8, 4) is 34.1 Å². The zero-order valence-corrected chi connectivity index (χ0v) is 18.2. The fraction of sp³-hybridized carbons (Fsp3) is 0.348. The van der Waals surface area contributed by atoms with Crippen molar-refractivity contribution in [2.24, 2.45) is 0 Å². The molecule has 11 heteroatoms. The SMILES string of the molecule is COc1ccc(-c2coc3c([C@H]4O[C@@H](CO)[C@@H](O)[C@@H](O)[C@@H]4O)c(O)c(OC)c(O)c3c2=O)cc1. The molecule has 0 amide bonds. The van der Waals surface area contributed by atoms with Gasteiger partial charge in [-0.1, -0.05) is 12.1 Å². The summed E-state index contributed by atoms with van der Waals surface area (Å²) in [7, 11) is 2.64. The van der Waals surface area contributed by atoms with Crippen molar-refractivity contribution in [3.05, 3.63) is 46.3 Å². The third kappa shape index (κ3) is 3.63. The summed E-state index contributed by atoms with van der Waals surface area (Å²) in [4.78, 5) is 13.4. The van der Waals surface area contributed by atoms with E-state index in [-0.39, 0.29) is 22.1 Å². The predicted molar refractivity (Wildman–Crippen MR) is 117 cm³/mol. The van der Waals surface area contributed by atoms with Crippen molar-refractivity contribution in [2.45, 2.75) is 30.5 Å². The molecule has 0 saturated carbocycles. The second-order valence-electron chi connectivity index (χ2n) is 7.80. The van der Waals surface area contributed by atoms with E-state index in [2.05, 4.69) is 0 Å². The van der Waals surface area contributed by atoms with Gasteiger partial charge in [-0.15, -0.1) is 0 Å². The third-order valence-corrected chi connectivity index (χ3v) is 5.94. The van der Waals surface area contributed by atoms with E-state index in [0.717, 1.165) is 13.4 Å². The van der Waals surface area contributed by atoms with E-state index in [1.165, 1.54) is 7.11 Å². The molecule has 1 aliphatic heterocycles. The Labute approximate surface area is 192 Å².